The molecule has 1 saturated heterocycles. The van der Waals surface area contributed by atoms with E-state index in [0.29, 0.717) is 31.6 Å². The molecule has 0 unspecified atom stereocenters. The summed E-state index contributed by atoms with van der Waals surface area (Å²) in [5.41, 5.74) is 3.18. The average Bonchev–Trinajstić information content (AvgIpc) is 2.79. The van der Waals surface area contributed by atoms with Crippen molar-refractivity contribution in [3.63, 3.8) is 0 Å². The molecular formula is C25H25N3O3. The van der Waals surface area contributed by atoms with Crippen LogP contribution in [0, 0.1) is 12.8 Å². The van der Waals surface area contributed by atoms with Gasteiger partial charge in [0.15, 0.2) is 0 Å². The van der Waals surface area contributed by atoms with Gasteiger partial charge in [-0.2, -0.15) is 0 Å². The Morgan fingerprint density at radius 1 is 0.968 bits per heavy atom. The van der Waals surface area contributed by atoms with Gasteiger partial charge in [-0.05, 0) is 55.7 Å². The summed E-state index contributed by atoms with van der Waals surface area (Å²) in [4.78, 5) is 42.5. The second kappa shape index (κ2) is 9.00. The number of benzene rings is 2. The normalized spacial score (nSPS) is 14.3. The molecule has 6 nitrogen and oxygen atoms in total. The number of nitrogens with one attached hydrogen (secondary N) is 2. The number of para-hydroxylation sites is 1. The fourth-order valence-electron chi connectivity index (χ4n) is 3.90. The lowest BCUT2D eigenvalue weighted by atomic mass is 9.95. The number of hydrogen-bond donors (Lipinski definition) is 2. The lowest BCUT2D eigenvalue weighted by Crippen LogP contribution is -2.43. The molecule has 158 valence electrons. The van der Waals surface area contributed by atoms with Crippen LogP contribution in [-0.4, -0.2) is 34.8 Å². The molecule has 31 heavy (non-hydrogen) atoms. The van der Waals surface area contributed by atoms with Crippen LogP contribution in [0.25, 0.3) is 11.3 Å². The first kappa shape index (κ1) is 20.6. The van der Waals surface area contributed by atoms with Crippen molar-refractivity contribution in [2.45, 2.75) is 19.8 Å². The summed E-state index contributed by atoms with van der Waals surface area (Å²) in [6.45, 7) is 2.89. The summed E-state index contributed by atoms with van der Waals surface area (Å²) in [5, 5.41) is 2.92. The Hall–Kier alpha value is -3.67. The first-order valence-electron chi connectivity index (χ1n) is 10.5. The van der Waals surface area contributed by atoms with Crippen LogP contribution in [0.1, 0.15) is 28.8 Å². The largest absolute Gasteiger partial charge is 0.338 e. The monoisotopic (exact) mass is 415 g/mol. The lowest BCUT2D eigenvalue weighted by molar-refractivity contribution is -0.121. The SMILES string of the molecule is Cc1cccc(-c2ccc(C(=O)N3CCC(C(=O)Nc4ccccc4)CC3)c(=O)[nH]2)c1. The van der Waals surface area contributed by atoms with Crippen molar-refractivity contribution >= 4 is 17.5 Å². The van der Waals surface area contributed by atoms with Gasteiger partial charge >= 0.3 is 0 Å². The number of carbonyl (C=O) groups excluding carboxylic acids is 2. The highest BCUT2D eigenvalue weighted by Crippen LogP contribution is 2.21. The molecule has 1 fully saturated rings. The standard InChI is InChI=1S/C25H25N3O3/c1-17-6-5-7-19(16-17)22-11-10-21(24(30)27-22)25(31)28-14-12-18(13-15-28)23(29)26-20-8-3-2-4-9-20/h2-11,16,18H,12-15H2,1H3,(H,26,29)(H,27,30). The van der Waals surface area contributed by atoms with E-state index >= 15 is 0 Å². The van der Waals surface area contributed by atoms with E-state index in [0.717, 1.165) is 16.8 Å². The summed E-state index contributed by atoms with van der Waals surface area (Å²) >= 11 is 0. The number of aromatic nitrogens is 1. The molecule has 0 saturated carbocycles. The van der Waals surface area contributed by atoms with Gasteiger partial charge in [-0.3, -0.25) is 14.4 Å². The number of H-pyrrole nitrogens is 1. The molecule has 1 aliphatic rings. The van der Waals surface area contributed by atoms with Gasteiger partial charge in [0, 0.05) is 30.4 Å². The minimum atomic E-state index is -0.395. The third-order valence-electron chi connectivity index (χ3n) is 5.66. The Morgan fingerprint density at radius 2 is 1.71 bits per heavy atom. The van der Waals surface area contributed by atoms with Crippen molar-refractivity contribution in [2.75, 3.05) is 18.4 Å². The predicted octanol–water partition coefficient (Wildman–Crippen LogP) is 3.84. The van der Waals surface area contributed by atoms with Crippen molar-refractivity contribution in [2.24, 2.45) is 5.92 Å². The van der Waals surface area contributed by atoms with Crippen LogP contribution in [0.5, 0.6) is 0 Å². The summed E-state index contributed by atoms with van der Waals surface area (Å²) in [7, 11) is 0. The van der Waals surface area contributed by atoms with Gasteiger partial charge < -0.3 is 15.2 Å². The van der Waals surface area contributed by atoms with E-state index in [-0.39, 0.29) is 23.3 Å². The topological polar surface area (TPSA) is 82.3 Å². The van der Waals surface area contributed by atoms with E-state index in [1.807, 2.05) is 61.5 Å². The third kappa shape index (κ3) is 4.74. The van der Waals surface area contributed by atoms with Gasteiger partial charge in [-0.25, -0.2) is 0 Å². The molecule has 2 aromatic carbocycles. The van der Waals surface area contributed by atoms with Gasteiger partial charge in [0.25, 0.3) is 11.5 Å². The maximum atomic E-state index is 12.9. The highest BCUT2D eigenvalue weighted by Gasteiger charge is 2.28. The number of amides is 2. The zero-order valence-electron chi connectivity index (χ0n) is 17.4. The first-order chi connectivity index (χ1) is 15.0. The Kier molecular flexibility index (Phi) is 5.98. The molecule has 2 N–H and O–H groups in total. The second-order valence-electron chi connectivity index (χ2n) is 7.91. The maximum Gasteiger partial charge on any atom is 0.261 e. The zero-order valence-corrected chi connectivity index (χ0v) is 17.4. The lowest BCUT2D eigenvalue weighted by Gasteiger charge is -2.31. The summed E-state index contributed by atoms with van der Waals surface area (Å²) < 4.78 is 0. The average molecular weight is 415 g/mol. The summed E-state index contributed by atoms with van der Waals surface area (Å²) in [6.07, 6.45) is 1.15. The quantitative estimate of drug-likeness (QED) is 0.679. The van der Waals surface area contributed by atoms with Crippen LogP contribution in [0.4, 0.5) is 5.69 Å². The summed E-state index contributed by atoms with van der Waals surface area (Å²) in [6, 6.07) is 20.5. The number of aromatic amines is 1. The number of pyridine rings is 1. The molecule has 0 radical (unpaired) electrons. The number of aryl methyl sites for hydroxylation is 1. The molecule has 0 atom stereocenters. The van der Waals surface area contributed by atoms with E-state index in [9.17, 15) is 14.4 Å². The minimum absolute atomic E-state index is 0.0290. The molecule has 0 bridgehead atoms. The van der Waals surface area contributed by atoms with Gasteiger partial charge in [-0.1, -0.05) is 42.0 Å². The van der Waals surface area contributed by atoms with Crippen LogP contribution in [0.3, 0.4) is 0 Å². The number of likely N-dealkylation sites (tertiary alicyclic amines) is 1. The molecule has 4 rings (SSSR count). The van der Waals surface area contributed by atoms with E-state index in [4.69, 9.17) is 0 Å². The van der Waals surface area contributed by atoms with E-state index in [2.05, 4.69) is 10.3 Å². The van der Waals surface area contributed by atoms with Crippen LogP contribution < -0.4 is 10.9 Å². The second-order valence-corrected chi connectivity index (χ2v) is 7.91. The van der Waals surface area contributed by atoms with Gasteiger partial charge in [0.05, 0.1) is 0 Å². The van der Waals surface area contributed by atoms with E-state index in [1.165, 1.54) is 0 Å². The Morgan fingerprint density at radius 3 is 2.39 bits per heavy atom. The van der Waals surface area contributed by atoms with Gasteiger partial charge in [0.1, 0.15) is 5.56 Å². The first-order valence-corrected chi connectivity index (χ1v) is 10.5. The van der Waals surface area contributed by atoms with Crippen molar-refractivity contribution < 1.29 is 9.59 Å². The molecular weight excluding hydrogens is 390 g/mol. The van der Waals surface area contributed by atoms with Crippen molar-refractivity contribution in [1.29, 1.82) is 0 Å². The molecule has 2 heterocycles. The van der Waals surface area contributed by atoms with Crippen molar-refractivity contribution in [1.82, 2.24) is 9.88 Å². The number of rotatable bonds is 4. The highest BCUT2D eigenvalue weighted by molar-refractivity contribution is 5.95. The zero-order chi connectivity index (χ0) is 21.8. The fourth-order valence-corrected chi connectivity index (χ4v) is 3.90. The van der Waals surface area contributed by atoms with Crippen LogP contribution in [0.15, 0.2) is 71.5 Å². The van der Waals surface area contributed by atoms with Crippen molar-refractivity contribution in [3.05, 3.63) is 88.2 Å². The number of nitrogens with zero attached hydrogens (tertiary/aromatic N) is 1. The fraction of sp³-hybridized carbons (Fsp3) is 0.240. The Bertz CT molecular complexity index is 1150. The molecule has 0 aliphatic carbocycles. The molecule has 3 aromatic rings. The van der Waals surface area contributed by atoms with Gasteiger partial charge in [0.2, 0.25) is 5.91 Å². The Balaban J connectivity index is 1.39. The van der Waals surface area contributed by atoms with Gasteiger partial charge in [-0.15, -0.1) is 0 Å². The summed E-state index contributed by atoms with van der Waals surface area (Å²) in [5.74, 6) is -0.469. The number of anilines is 1. The smallest absolute Gasteiger partial charge is 0.261 e. The Labute approximate surface area is 180 Å². The van der Waals surface area contributed by atoms with Crippen LogP contribution in [-0.2, 0) is 4.79 Å². The number of hydrogen-bond acceptors (Lipinski definition) is 3. The van der Waals surface area contributed by atoms with Crippen molar-refractivity contribution in [3.8, 4) is 11.3 Å². The van der Waals surface area contributed by atoms with Crippen LogP contribution >= 0.6 is 0 Å². The molecule has 0 spiro atoms. The number of piperidine rings is 1. The molecule has 1 aromatic heterocycles. The molecule has 6 heteroatoms. The number of carbonyl (C=O) groups is 2. The molecule has 2 amide bonds. The predicted molar refractivity (Wildman–Crippen MR) is 121 cm³/mol. The third-order valence-corrected chi connectivity index (χ3v) is 5.66. The highest BCUT2D eigenvalue weighted by atomic mass is 16.2. The minimum Gasteiger partial charge on any atom is -0.338 e. The van der Waals surface area contributed by atoms with Crippen LogP contribution in [0.2, 0.25) is 0 Å². The maximum absolute atomic E-state index is 12.9. The molecule has 1 aliphatic heterocycles. The van der Waals surface area contributed by atoms with E-state index < -0.39 is 5.56 Å². The van der Waals surface area contributed by atoms with E-state index in [1.54, 1.807) is 17.0 Å².